The standard InChI is InChI=1S/C28H21Cl3F3NO5/c1-3-24(27(37)38)39-17-6-9-21(30)15(10-17)13-35-14(2)25(26(36)19-7-4-16(29)11-22(19)31)20-8-5-18(12-23(20)35)40-28(32,33)34/h4-12,24H,3,13H2,1-2H3,(H,37,38). The van der Waals surface area contributed by atoms with Gasteiger partial charge in [0.25, 0.3) is 0 Å². The zero-order valence-corrected chi connectivity index (χ0v) is 23.3. The van der Waals surface area contributed by atoms with E-state index in [1.54, 1.807) is 24.5 Å². The number of ketones is 1. The maximum Gasteiger partial charge on any atom is 0.573 e. The van der Waals surface area contributed by atoms with Crippen LogP contribution in [-0.4, -0.2) is 33.9 Å². The van der Waals surface area contributed by atoms with Crippen molar-refractivity contribution in [2.24, 2.45) is 0 Å². The Labute approximate surface area is 241 Å². The second-order valence-corrected chi connectivity index (χ2v) is 10.1. The van der Waals surface area contributed by atoms with Crippen LogP contribution in [0.1, 0.15) is 40.5 Å². The minimum Gasteiger partial charge on any atom is -0.479 e. The number of rotatable bonds is 9. The van der Waals surface area contributed by atoms with Crippen molar-refractivity contribution in [2.45, 2.75) is 39.3 Å². The first kappa shape index (κ1) is 29.6. The van der Waals surface area contributed by atoms with Gasteiger partial charge in [0, 0.05) is 39.3 Å². The average Bonchev–Trinajstić information content (AvgIpc) is 3.13. The van der Waals surface area contributed by atoms with Crippen molar-refractivity contribution in [2.75, 3.05) is 0 Å². The highest BCUT2D eigenvalue weighted by molar-refractivity contribution is 6.38. The summed E-state index contributed by atoms with van der Waals surface area (Å²) in [5.41, 5.74) is 1.56. The number of fused-ring (bicyclic) bond motifs is 1. The molecule has 0 saturated heterocycles. The summed E-state index contributed by atoms with van der Waals surface area (Å²) in [7, 11) is 0. The Hall–Kier alpha value is -3.40. The molecule has 1 aromatic heterocycles. The molecule has 40 heavy (non-hydrogen) atoms. The van der Waals surface area contributed by atoms with Crippen molar-refractivity contribution in [3.63, 3.8) is 0 Å². The summed E-state index contributed by atoms with van der Waals surface area (Å²) in [5, 5.41) is 10.5. The number of alkyl halides is 3. The normalized spacial score (nSPS) is 12.4. The monoisotopic (exact) mass is 613 g/mol. The van der Waals surface area contributed by atoms with Crippen LogP contribution in [0.5, 0.6) is 11.5 Å². The van der Waals surface area contributed by atoms with E-state index in [2.05, 4.69) is 4.74 Å². The minimum absolute atomic E-state index is 0.0132. The van der Waals surface area contributed by atoms with E-state index in [0.717, 1.165) is 6.07 Å². The van der Waals surface area contributed by atoms with Gasteiger partial charge in [-0.05, 0) is 67.4 Å². The van der Waals surface area contributed by atoms with E-state index in [-0.39, 0.29) is 40.4 Å². The van der Waals surface area contributed by atoms with E-state index in [4.69, 9.17) is 39.5 Å². The number of carboxylic acid groups (broad SMARTS) is 1. The molecular formula is C28H21Cl3F3NO5. The molecule has 0 aliphatic carbocycles. The lowest BCUT2D eigenvalue weighted by atomic mass is 10.0. The Bertz CT molecular complexity index is 1620. The van der Waals surface area contributed by atoms with E-state index in [0.29, 0.717) is 26.7 Å². The molecule has 0 aliphatic rings. The Morgan fingerprint density at radius 3 is 2.30 bits per heavy atom. The summed E-state index contributed by atoms with van der Waals surface area (Å²) in [4.78, 5) is 25.1. The Morgan fingerprint density at radius 1 is 0.975 bits per heavy atom. The van der Waals surface area contributed by atoms with Crippen molar-refractivity contribution in [1.29, 1.82) is 0 Å². The number of carboxylic acids is 1. The molecule has 4 rings (SSSR count). The van der Waals surface area contributed by atoms with Crippen molar-refractivity contribution in [1.82, 2.24) is 4.57 Å². The number of aliphatic carboxylic acids is 1. The van der Waals surface area contributed by atoms with Crippen LogP contribution in [0, 0.1) is 6.92 Å². The molecule has 4 aromatic rings. The quantitative estimate of drug-likeness (QED) is 0.192. The first-order chi connectivity index (χ1) is 18.8. The maximum atomic E-state index is 13.7. The lowest BCUT2D eigenvalue weighted by Gasteiger charge is -2.16. The number of nitrogens with zero attached hydrogens (tertiary/aromatic N) is 1. The number of hydrogen-bond acceptors (Lipinski definition) is 4. The van der Waals surface area contributed by atoms with Crippen molar-refractivity contribution in [3.05, 3.63) is 92.0 Å². The number of benzene rings is 3. The molecule has 0 fully saturated rings. The third kappa shape index (κ3) is 6.32. The predicted octanol–water partition coefficient (Wildman–Crippen LogP) is 8.33. The van der Waals surface area contributed by atoms with Gasteiger partial charge in [-0.1, -0.05) is 41.7 Å². The lowest BCUT2D eigenvalue weighted by Crippen LogP contribution is -2.25. The van der Waals surface area contributed by atoms with E-state index in [9.17, 15) is 27.9 Å². The number of aromatic nitrogens is 1. The highest BCUT2D eigenvalue weighted by Gasteiger charge is 2.32. The summed E-state index contributed by atoms with van der Waals surface area (Å²) in [5.74, 6) is -1.82. The highest BCUT2D eigenvalue weighted by atomic mass is 35.5. The number of ether oxygens (including phenoxy) is 2. The highest BCUT2D eigenvalue weighted by Crippen LogP contribution is 2.36. The van der Waals surface area contributed by atoms with E-state index in [1.165, 1.54) is 42.5 Å². The molecule has 1 atom stereocenters. The van der Waals surface area contributed by atoms with Crippen molar-refractivity contribution < 1.29 is 37.3 Å². The van der Waals surface area contributed by atoms with Gasteiger partial charge in [0.1, 0.15) is 11.5 Å². The zero-order chi connectivity index (χ0) is 29.4. The van der Waals surface area contributed by atoms with Gasteiger partial charge < -0.3 is 19.1 Å². The molecule has 12 heteroatoms. The zero-order valence-electron chi connectivity index (χ0n) is 21.0. The van der Waals surface area contributed by atoms with Crippen LogP contribution in [0.15, 0.2) is 54.6 Å². The Kier molecular flexibility index (Phi) is 8.58. The molecule has 210 valence electrons. The van der Waals surface area contributed by atoms with Gasteiger partial charge in [-0.25, -0.2) is 4.79 Å². The van der Waals surface area contributed by atoms with Crippen molar-refractivity contribution in [3.8, 4) is 11.5 Å². The predicted molar refractivity (Wildman–Crippen MR) is 146 cm³/mol. The third-order valence-corrected chi connectivity index (χ3v) is 7.12. The molecule has 3 aromatic carbocycles. The van der Waals surface area contributed by atoms with E-state index in [1.807, 2.05) is 0 Å². The summed E-state index contributed by atoms with van der Waals surface area (Å²) in [6.07, 6.45) is -5.79. The fourth-order valence-electron chi connectivity index (χ4n) is 4.34. The molecule has 0 amide bonds. The van der Waals surface area contributed by atoms with Crippen LogP contribution in [-0.2, 0) is 11.3 Å². The van der Waals surface area contributed by atoms with Crippen LogP contribution in [0.3, 0.4) is 0 Å². The summed E-state index contributed by atoms with van der Waals surface area (Å²) < 4.78 is 50.3. The molecule has 6 nitrogen and oxygen atoms in total. The largest absolute Gasteiger partial charge is 0.573 e. The summed E-state index contributed by atoms with van der Waals surface area (Å²) >= 11 is 18.7. The number of carbonyl (C=O) groups excluding carboxylic acids is 1. The number of carbonyl (C=O) groups is 2. The lowest BCUT2D eigenvalue weighted by molar-refractivity contribution is -0.274. The second kappa shape index (κ2) is 11.6. The van der Waals surface area contributed by atoms with Crippen LogP contribution in [0.25, 0.3) is 10.9 Å². The minimum atomic E-state index is -4.93. The first-order valence-corrected chi connectivity index (χ1v) is 13.0. The Balaban J connectivity index is 1.86. The van der Waals surface area contributed by atoms with Gasteiger partial charge >= 0.3 is 12.3 Å². The molecule has 0 saturated carbocycles. The molecule has 0 spiro atoms. The molecule has 0 bridgehead atoms. The fraction of sp³-hybridized carbons (Fsp3) is 0.214. The third-order valence-electron chi connectivity index (χ3n) is 6.20. The maximum absolute atomic E-state index is 13.7. The summed E-state index contributed by atoms with van der Waals surface area (Å²) in [6.45, 7) is 3.32. The molecule has 0 aliphatic heterocycles. The van der Waals surface area contributed by atoms with E-state index >= 15 is 0 Å². The number of halogens is 6. The first-order valence-electron chi connectivity index (χ1n) is 11.8. The molecule has 1 unspecified atom stereocenters. The van der Waals surface area contributed by atoms with Gasteiger partial charge in [0.2, 0.25) is 0 Å². The van der Waals surface area contributed by atoms with Gasteiger partial charge in [0.05, 0.1) is 16.1 Å². The molecular weight excluding hydrogens is 594 g/mol. The van der Waals surface area contributed by atoms with Gasteiger partial charge in [-0.2, -0.15) is 0 Å². The van der Waals surface area contributed by atoms with Gasteiger partial charge in [-0.15, -0.1) is 13.2 Å². The molecule has 0 radical (unpaired) electrons. The summed E-state index contributed by atoms with van der Waals surface area (Å²) in [6, 6.07) is 12.7. The van der Waals surface area contributed by atoms with Crippen LogP contribution < -0.4 is 9.47 Å². The topological polar surface area (TPSA) is 77.8 Å². The van der Waals surface area contributed by atoms with Crippen molar-refractivity contribution >= 4 is 57.5 Å². The molecule has 1 heterocycles. The van der Waals surface area contributed by atoms with Gasteiger partial charge in [-0.3, -0.25) is 4.79 Å². The van der Waals surface area contributed by atoms with E-state index < -0.39 is 30.0 Å². The second-order valence-electron chi connectivity index (χ2n) is 8.83. The SMILES string of the molecule is CCC(Oc1ccc(Cl)c(Cn2c(C)c(C(=O)c3ccc(Cl)cc3Cl)c3ccc(OC(F)(F)F)cc32)c1)C(=O)O. The van der Waals surface area contributed by atoms with Crippen LogP contribution >= 0.6 is 34.8 Å². The fourth-order valence-corrected chi connectivity index (χ4v) is 5.01. The number of hydrogen-bond donors (Lipinski definition) is 1. The smallest absolute Gasteiger partial charge is 0.479 e. The van der Waals surface area contributed by atoms with Crippen LogP contribution in [0.4, 0.5) is 13.2 Å². The Morgan fingerprint density at radius 2 is 1.68 bits per heavy atom. The average molecular weight is 615 g/mol. The van der Waals surface area contributed by atoms with Gasteiger partial charge in [0.15, 0.2) is 11.9 Å². The molecule has 1 N–H and O–H groups in total. The van der Waals surface area contributed by atoms with Crippen LogP contribution in [0.2, 0.25) is 15.1 Å².